The first-order valence-corrected chi connectivity index (χ1v) is 5.48. The average molecular weight is 220 g/mol. The van der Waals surface area contributed by atoms with Crippen molar-refractivity contribution in [2.45, 2.75) is 25.2 Å². The molecule has 3 nitrogen and oxygen atoms in total. The Balaban J connectivity index is 2.37. The molecule has 16 heavy (non-hydrogen) atoms. The number of hydrogen-bond acceptors (Lipinski definition) is 3. The average Bonchev–Trinajstić information content (AvgIpc) is 2.33. The van der Waals surface area contributed by atoms with Crippen LogP contribution in [-0.4, -0.2) is 19.7 Å². The molecule has 3 heteroatoms. The number of esters is 1. The van der Waals surface area contributed by atoms with Crippen LogP contribution in [0.1, 0.15) is 25.3 Å². The summed E-state index contributed by atoms with van der Waals surface area (Å²) in [5.74, 6) is 0.643. The summed E-state index contributed by atoms with van der Waals surface area (Å²) in [5, 5.41) is 0. The predicted octanol–water partition coefficient (Wildman–Crippen LogP) is 2.29. The number of rotatable bonds is 2. The fourth-order valence-corrected chi connectivity index (χ4v) is 2.08. The lowest BCUT2D eigenvalue weighted by molar-refractivity contribution is -0.154. The number of benzene rings is 1. The zero-order chi connectivity index (χ0) is 11.6. The van der Waals surface area contributed by atoms with Crippen LogP contribution in [-0.2, 0) is 14.9 Å². The first-order valence-electron chi connectivity index (χ1n) is 5.48. The van der Waals surface area contributed by atoms with Crippen LogP contribution in [0.2, 0.25) is 0 Å². The molecule has 1 aliphatic heterocycles. The van der Waals surface area contributed by atoms with Gasteiger partial charge in [-0.2, -0.15) is 0 Å². The van der Waals surface area contributed by atoms with Crippen molar-refractivity contribution in [3.63, 3.8) is 0 Å². The zero-order valence-corrected chi connectivity index (χ0v) is 9.66. The highest BCUT2D eigenvalue weighted by Crippen LogP contribution is 2.34. The van der Waals surface area contributed by atoms with E-state index in [-0.39, 0.29) is 5.97 Å². The maximum atomic E-state index is 11.9. The molecule has 0 radical (unpaired) electrons. The van der Waals surface area contributed by atoms with E-state index >= 15 is 0 Å². The minimum atomic E-state index is -0.521. The molecule has 1 saturated heterocycles. The summed E-state index contributed by atoms with van der Waals surface area (Å²) in [5.41, 5.74) is 0.448. The van der Waals surface area contributed by atoms with Gasteiger partial charge in [0.2, 0.25) is 0 Å². The van der Waals surface area contributed by atoms with Crippen molar-refractivity contribution in [1.29, 1.82) is 0 Å². The molecule has 0 bridgehead atoms. The minimum absolute atomic E-state index is 0.132. The number of carbonyl (C=O) groups is 1. The van der Waals surface area contributed by atoms with Crippen molar-refractivity contribution in [3.8, 4) is 5.75 Å². The first-order chi connectivity index (χ1) is 7.66. The Morgan fingerprint density at radius 1 is 1.44 bits per heavy atom. The van der Waals surface area contributed by atoms with Gasteiger partial charge in [-0.25, -0.2) is 0 Å². The van der Waals surface area contributed by atoms with E-state index in [0.717, 1.165) is 24.2 Å². The van der Waals surface area contributed by atoms with Crippen LogP contribution in [0.15, 0.2) is 24.3 Å². The van der Waals surface area contributed by atoms with Crippen molar-refractivity contribution >= 4 is 5.97 Å². The van der Waals surface area contributed by atoms with Crippen LogP contribution in [0.5, 0.6) is 5.75 Å². The second-order valence-corrected chi connectivity index (χ2v) is 4.30. The summed E-state index contributed by atoms with van der Waals surface area (Å²) in [7, 11) is 1.63. The van der Waals surface area contributed by atoms with Crippen LogP contribution in [0, 0.1) is 0 Å². The smallest absolute Gasteiger partial charge is 0.316 e. The predicted molar refractivity (Wildman–Crippen MR) is 60.5 cm³/mol. The van der Waals surface area contributed by atoms with Gasteiger partial charge < -0.3 is 9.47 Å². The fraction of sp³-hybridized carbons (Fsp3) is 0.462. The van der Waals surface area contributed by atoms with Crippen molar-refractivity contribution < 1.29 is 14.3 Å². The number of methoxy groups -OCH3 is 1. The third-order valence-electron chi connectivity index (χ3n) is 3.21. The molecule has 0 saturated carbocycles. The van der Waals surface area contributed by atoms with Crippen LogP contribution in [0.4, 0.5) is 0 Å². The largest absolute Gasteiger partial charge is 0.497 e. The summed E-state index contributed by atoms with van der Waals surface area (Å²) >= 11 is 0. The summed E-state index contributed by atoms with van der Waals surface area (Å²) < 4.78 is 10.3. The Morgan fingerprint density at radius 3 is 2.94 bits per heavy atom. The Kier molecular flexibility index (Phi) is 2.86. The molecule has 0 aromatic heterocycles. The highest BCUT2D eigenvalue weighted by molar-refractivity contribution is 5.83. The van der Waals surface area contributed by atoms with E-state index in [1.165, 1.54) is 0 Å². The van der Waals surface area contributed by atoms with Gasteiger partial charge in [-0.3, -0.25) is 4.79 Å². The molecule has 0 N–H and O–H groups in total. The molecular weight excluding hydrogens is 204 g/mol. The zero-order valence-electron chi connectivity index (χ0n) is 9.66. The van der Waals surface area contributed by atoms with Crippen molar-refractivity contribution in [1.82, 2.24) is 0 Å². The van der Waals surface area contributed by atoms with Gasteiger partial charge in [-0.05, 0) is 37.5 Å². The van der Waals surface area contributed by atoms with E-state index < -0.39 is 5.41 Å². The normalized spacial score (nSPS) is 25.0. The van der Waals surface area contributed by atoms with Gasteiger partial charge in [-0.15, -0.1) is 0 Å². The first kappa shape index (κ1) is 11.0. The molecule has 0 amide bonds. The molecule has 0 aliphatic carbocycles. The minimum Gasteiger partial charge on any atom is -0.497 e. The van der Waals surface area contributed by atoms with Gasteiger partial charge in [-0.1, -0.05) is 12.1 Å². The van der Waals surface area contributed by atoms with Crippen LogP contribution in [0.3, 0.4) is 0 Å². The van der Waals surface area contributed by atoms with Crippen molar-refractivity contribution in [2.24, 2.45) is 0 Å². The van der Waals surface area contributed by atoms with Gasteiger partial charge in [0.15, 0.2) is 0 Å². The van der Waals surface area contributed by atoms with E-state index in [0.29, 0.717) is 6.61 Å². The molecule has 2 rings (SSSR count). The van der Waals surface area contributed by atoms with Gasteiger partial charge in [0.05, 0.1) is 19.1 Å². The Bertz CT molecular complexity index is 400. The summed E-state index contributed by atoms with van der Waals surface area (Å²) in [6, 6.07) is 7.64. The monoisotopic (exact) mass is 220 g/mol. The number of carbonyl (C=O) groups excluding carboxylic acids is 1. The molecule has 0 unspecified atom stereocenters. The van der Waals surface area contributed by atoms with E-state index in [1.807, 2.05) is 31.2 Å². The Morgan fingerprint density at radius 2 is 2.25 bits per heavy atom. The van der Waals surface area contributed by atoms with Gasteiger partial charge in [0, 0.05) is 0 Å². The van der Waals surface area contributed by atoms with Crippen molar-refractivity contribution in [3.05, 3.63) is 29.8 Å². The highest BCUT2D eigenvalue weighted by atomic mass is 16.5. The third kappa shape index (κ3) is 1.77. The summed E-state index contributed by atoms with van der Waals surface area (Å²) in [6.07, 6.45) is 1.75. The maximum absolute atomic E-state index is 11.9. The molecule has 1 atom stereocenters. The lowest BCUT2D eigenvalue weighted by atomic mass is 9.77. The van der Waals surface area contributed by atoms with Gasteiger partial charge >= 0.3 is 5.97 Å². The van der Waals surface area contributed by atoms with Crippen LogP contribution in [0.25, 0.3) is 0 Å². The molecule has 1 fully saturated rings. The summed E-state index contributed by atoms with van der Waals surface area (Å²) in [6.45, 7) is 2.47. The van der Waals surface area contributed by atoms with Crippen LogP contribution >= 0.6 is 0 Å². The number of ether oxygens (including phenoxy) is 2. The van der Waals surface area contributed by atoms with Gasteiger partial charge in [0.25, 0.3) is 0 Å². The molecule has 1 aliphatic rings. The second kappa shape index (κ2) is 4.16. The lowest BCUT2D eigenvalue weighted by Gasteiger charge is -2.31. The molecular formula is C13H16O3. The topological polar surface area (TPSA) is 35.5 Å². The maximum Gasteiger partial charge on any atom is 0.316 e. The van der Waals surface area contributed by atoms with Crippen molar-refractivity contribution in [2.75, 3.05) is 13.7 Å². The number of cyclic esters (lactones) is 1. The lowest BCUT2D eigenvalue weighted by Crippen LogP contribution is -2.38. The Hall–Kier alpha value is -1.51. The highest BCUT2D eigenvalue weighted by Gasteiger charge is 2.39. The molecule has 1 aromatic carbocycles. The van der Waals surface area contributed by atoms with E-state index in [9.17, 15) is 4.79 Å². The summed E-state index contributed by atoms with van der Waals surface area (Å²) in [4.78, 5) is 11.9. The quantitative estimate of drug-likeness (QED) is 0.717. The molecule has 1 aromatic rings. The standard InChI is InChI=1S/C13H16O3/c1-13(7-4-8-16-12(13)14)10-5-3-6-11(9-10)15-2/h3,5-6,9H,4,7-8H2,1-2H3/t13-/m0/s1. The molecule has 0 spiro atoms. The van der Waals surface area contributed by atoms with E-state index in [1.54, 1.807) is 7.11 Å². The van der Waals surface area contributed by atoms with E-state index in [4.69, 9.17) is 9.47 Å². The molecule has 1 heterocycles. The van der Waals surface area contributed by atoms with Crippen LogP contribution < -0.4 is 4.74 Å². The van der Waals surface area contributed by atoms with Gasteiger partial charge in [0.1, 0.15) is 5.75 Å². The fourth-order valence-electron chi connectivity index (χ4n) is 2.08. The number of hydrogen-bond donors (Lipinski definition) is 0. The molecule has 86 valence electrons. The van der Waals surface area contributed by atoms with E-state index in [2.05, 4.69) is 0 Å². The Labute approximate surface area is 95.4 Å². The third-order valence-corrected chi connectivity index (χ3v) is 3.21. The second-order valence-electron chi connectivity index (χ2n) is 4.30. The SMILES string of the molecule is COc1cccc([C@]2(C)CCCOC2=O)c1.